The second-order valence-electron chi connectivity index (χ2n) is 5.00. The number of nitro benzene ring substituents is 1. The lowest BCUT2D eigenvalue weighted by Gasteiger charge is -2.21. The summed E-state index contributed by atoms with van der Waals surface area (Å²) in [6.45, 7) is 2.65. The molecule has 0 bridgehead atoms. The van der Waals surface area contributed by atoms with Crippen LogP contribution < -0.4 is 4.90 Å². The van der Waals surface area contributed by atoms with Crippen molar-refractivity contribution in [2.75, 3.05) is 18.0 Å². The number of benzene rings is 1. The number of anilines is 1. The highest BCUT2D eigenvalue weighted by Crippen LogP contribution is 2.28. The zero-order valence-electron chi connectivity index (χ0n) is 11.1. The van der Waals surface area contributed by atoms with Crippen LogP contribution in [0.3, 0.4) is 0 Å². The topological polar surface area (TPSA) is 64.2 Å². The van der Waals surface area contributed by atoms with Crippen molar-refractivity contribution in [1.82, 2.24) is 9.55 Å². The molecule has 0 spiro atoms. The lowest BCUT2D eigenvalue weighted by atomic mass is 10.1. The predicted octanol–water partition coefficient (Wildman–Crippen LogP) is 2.44. The van der Waals surface area contributed by atoms with E-state index in [2.05, 4.69) is 9.88 Å². The van der Waals surface area contributed by atoms with E-state index >= 15 is 0 Å². The summed E-state index contributed by atoms with van der Waals surface area (Å²) in [5.41, 5.74) is 2.21. The second kappa shape index (κ2) is 5.32. The van der Waals surface area contributed by atoms with E-state index in [1.807, 2.05) is 16.8 Å². The van der Waals surface area contributed by atoms with Crippen LogP contribution in [0.15, 0.2) is 36.9 Å². The van der Waals surface area contributed by atoms with Gasteiger partial charge in [0, 0.05) is 48.9 Å². The van der Waals surface area contributed by atoms with Crippen LogP contribution in [0.5, 0.6) is 0 Å². The maximum atomic E-state index is 11.0. The van der Waals surface area contributed by atoms with Crippen LogP contribution in [-0.2, 0) is 6.54 Å². The van der Waals surface area contributed by atoms with Crippen LogP contribution in [0.2, 0.25) is 0 Å². The van der Waals surface area contributed by atoms with E-state index in [4.69, 9.17) is 0 Å². The quantitative estimate of drug-likeness (QED) is 0.633. The summed E-state index contributed by atoms with van der Waals surface area (Å²) in [6.07, 6.45) is 7.68. The van der Waals surface area contributed by atoms with Crippen molar-refractivity contribution < 1.29 is 4.92 Å². The number of rotatable bonds is 4. The first-order valence-electron chi connectivity index (χ1n) is 6.72. The van der Waals surface area contributed by atoms with Crippen molar-refractivity contribution in [3.05, 3.63) is 52.6 Å². The van der Waals surface area contributed by atoms with Gasteiger partial charge in [0.2, 0.25) is 0 Å². The summed E-state index contributed by atoms with van der Waals surface area (Å²) in [4.78, 5) is 16.9. The van der Waals surface area contributed by atoms with Crippen molar-refractivity contribution in [2.45, 2.75) is 19.4 Å². The normalized spacial score (nSPS) is 14.7. The standard InChI is InChI=1S/C14H16N4O2/c19-18(20)13-3-4-14(17-6-1-2-7-17)12(9-13)10-16-8-5-15-11-16/h3-5,8-9,11H,1-2,6-7,10H2. The molecule has 1 aromatic heterocycles. The maximum Gasteiger partial charge on any atom is 0.269 e. The number of aromatic nitrogens is 2. The molecule has 2 heterocycles. The molecule has 1 aliphatic rings. The van der Waals surface area contributed by atoms with E-state index in [9.17, 15) is 10.1 Å². The molecule has 1 saturated heterocycles. The first-order chi connectivity index (χ1) is 9.74. The lowest BCUT2D eigenvalue weighted by molar-refractivity contribution is -0.384. The highest BCUT2D eigenvalue weighted by Gasteiger charge is 2.18. The molecule has 0 saturated carbocycles. The Labute approximate surface area is 116 Å². The molecule has 20 heavy (non-hydrogen) atoms. The van der Waals surface area contributed by atoms with Gasteiger partial charge in [0.15, 0.2) is 0 Å². The summed E-state index contributed by atoms with van der Waals surface area (Å²) in [5.74, 6) is 0. The smallest absolute Gasteiger partial charge is 0.269 e. The van der Waals surface area contributed by atoms with Gasteiger partial charge in [-0.3, -0.25) is 10.1 Å². The zero-order chi connectivity index (χ0) is 13.9. The van der Waals surface area contributed by atoms with Crippen molar-refractivity contribution in [1.29, 1.82) is 0 Å². The monoisotopic (exact) mass is 272 g/mol. The minimum Gasteiger partial charge on any atom is -0.371 e. The van der Waals surface area contributed by atoms with Crippen LogP contribution in [0, 0.1) is 10.1 Å². The fourth-order valence-electron chi connectivity index (χ4n) is 2.66. The van der Waals surface area contributed by atoms with E-state index in [1.54, 1.807) is 24.7 Å². The van der Waals surface area contributed by atoms with Gasteiger partial charge in [-0.05, 0) is 18.9 Å². The van der Waals surface area contributed by atoms with Crippen molar-refractivity contribution >= 4 is 11.4 Å². The highest BCUT2D eigenvalue weighted by molar-refractivity contribution is 5.58. The average Bonchev–Trinajstić information content (AvgIpc) is 3.11. The van der Waals surface area contributed by atoms with E-state index in [0.717, 1.165) is 24.3 Å². The zero-order valence-corrected chi connectivity index (χ0v) is 11.1. The number of hydrogen-bond acceptors (Lipinski definition) is 4. The highest BCUT2D eigenvalue weighted by atomic mass is 16.6. The molecule has 6 nitrogen and oxygen atoms in total. The molecule has 2 aromatic rings. The summed E-state index contributed by atoms with van der Waals surface area (Å²) in [5, 5.41) is 11.0. The molecule has 1 aliphatic heterocycles. The lowest BCUT2D eigenvalue weighted by Crippen LogP contribution is -2.20. The Balaban J connectivity index is 1.97. The van der Waals surface area contributed by atoms with Crippen LogP contribution in [0.4, 0.5) is 11.4 Å². The summed E-state index contributed by atoms with van der Waals surface area (Å²) >= 11 is 0. The van der Waals surface area contributed by atoms with Gasteiger partial charge in [-0.25, -0.2) is 4.98 Å². The molecule has 0 atom stereocenters. The molecule has 0 amide bonds. The Kier molecular flexibility index (Phi) is 3.37. The number of nitro groups is 1. The molecule has 0 N–H and O–H groups in total. The number of hydrogen-bond donors (Lipinski definition) is 0. The van der Waals surface area contributed by atoms with Gasteiger partial charge < -0.3 is 9.47 Å². The number of nitrogens with zero attached hydrogens (tertiary/aromatic N) is 4. The molecule has 3 rings (SSSR count). The molecule has 1 aromatic carbocycles. The first-order valence-corrected chi connectivity index (χ1v) is 6.72. The fraction of sp³-hybridized carbons (Fsp3) is 0.357. The second-order valence-corrected chi connectivity index (χ2v) is 5.00. The van der Waals surface area contributed by atoms with E-state index < -0.39 is 0 Å². The SMILES string of the molecule is O=[N+]([O-])c1ccc(N2CCCC2)c(Cn2ccnc2)c1. The number of imidazole rings is 1. The van der Waals surface area contributed by atoms with Gasteiger partial charge in [0.25, 0.3) is 5.69 Å². The maximum absolute atomic E-state index is 11.0. The largest absolute Gasteiger partial charge is 0.371 e. The number of non-ortho nitro benzene ring substituents is 1. The summed E-state index contributed by atoms with van der Waals surface area (Å²) < 4.78 is 1.93. The molecule has 1 fully saturated rings. The summed E-state index contributed by atoms with van der Waals surface area (Å²) in [7, 11) is 0. The molecule has 0 aliphatic carbocycles. The Morgan fingerprint density at radius 3 is 2.75 bits per heavy atom. The molecule has 104 valence electrons. The third kappa shape index (κ3) is 2.49. The van der Waals surface area contributed by atoms with Crippen LogP contribution in [-0.4, -0.2) is 27.6 Å². The van der Waals surface area contributed by atoms with Gasteiger partial charge >= 0.3 is 0 Å². The van der Waals surface area contributed by atoms with Crippen LogP contribution in [0.1, 0.15) is 18.4 Å². The summed E-state index contributed by atoms with van der Waals surface area (Å²) in [6, 6.07) is 5.13. The fourth-order valence-corrected chi connectivity index (χ4v) is 2.66. The Morgan fingerprint density at radius 2 is 2.10 bits per heavy atom. The Hall–Kier alpha value is -2.37. The third-order valence-corrected chi connectivity index (χ3v) is 3.63. The van der Waals surface area contributed by atoms with Gasteiger partial charge in [0.1, 0.15) is 0 Å². The van der Waals surface area contributed by atoms with Gasteiger partial charge in [-0.2, -0.15) is 0 Å². The van der Waals surface area contributed by atoms with Gasteiger partial charge in [0.05, 0.1) is 17.8 Å². The molecule has 0 radical (unpaired) electrons. The minimum absolute atomic E-state index is 0.142. The Morgan fingerprint density at radius 1 is 1.30 bits per heavy atom. The van der Waals surface area contributed by atoms with Gasteiger partial charge in [-0.1, -0.05) is 0 Å². The average molecular weight is 272 g/mol. The van der Waals surface area contributed by atoms with E-state index in [-0.39, 0.29) is 10.6 Å². The van der Waals surface area contributed by atoms with Gasteiger partial charge in [-0.15, -0.1) is 0 Å². The van der Waals surface area contributed by atoms with E-state index in [0.29, 0.717) is 6.54 Å². The molecular weight excluding hydrogens is 256 g/mol. The first kappa shape index (κ1) is 12.7. The Bertz CT molecular complexity index is 604. The van der Waals surface area contributed by atoms with Crippen molar-refractivity contribution in [3.8, 4) is 0 Å². The van der Waals surface area contributed by atoms with E-state index in [1.165, 1.54) is 12.8 Å². The minimum atomic E-state index is -0.342. The third-order valence-electron chi connectivity index (χ3n) is 3.63. The molecule has 0 unspecified atom stereocenters. The molecular formula is C14H16N4O2. The van der Waals surface area contributed by atoms with Crippen LogP contribution >= 0.6 is 0 Å². The van der Waals surface area contributed by atoms with Crippen molar-refractivity contribution in [3.63, 3.8) is 0 Å². The predicted molar refractivity (Wildman–Crippen MR) is 75.9 cm³/mol. The molecule has 6 heteroatoms. The van der Waals surface area contributed by atoms with Crippen LogP contribution in [0.25, 0.3) is 0 Å². The van der Waals surface area contributed by atoms with Crippen molar-refractivity contribution in [2.24, 2.45) is 0 Å².